The van der Waals surface area contributed by atoms with Crippen LogP contribution in [0.15, 0.2) is 54.6 Å². The molecule has 0 aromatic heterocycles. The van der Waals surface area contributed by atoms with Crippen LogP contribution in [0.3, 0.4) is 0 Å². The molecule has 0 unspecified atom stereocenters. The lowest BCUT2D eigenvalue weighted by atomic mass is 9.62. The molecule has 3 aromatic carbocycles. The van der Waals surface area contributed by atoms with Gasteiger partial charge in [-0.2, -0.15) is 0 Å². The predicted molar refractivity (Wildman–Crippen MR) is 116 cm³/mol. The fourth-order valence-corrected chi connectivity index (χ4v) is 4.46. The summed E-state index contributed by atoms with van der Waals surface area (Å²) in [6.07, 6.45) is 2.26. The van der Waals surface area contributed by atoms with Crippen LogP contribution in [0.2, 0.25) is 0 Å². The van der Waals surface area contributed by atoms with Crippen LogP contribution in [0.4, 0.5) is 0 Å². The van der Waals surface area contributed by atoms with Crippen molar-refractivity contribution < 1.29 is 14.7 Å². The first-order valence-corrected chi connectivity index (χ1v) is 10.1. The highest BCUT2D eigenvalue weighted by molar-refractivity contribution is 6.16. The molecule has 1 aliphatic carbocycles. The summed E-state index contributed by atoms with van der Waals surface area (Å²) in [5, 5.41) is 11.1. The molecule has 0 radical (unpaired) electrons. The van der Waals surface area contributed by atoms with Crippen molar-refractivity contribution in [2.75, 3.05) is 0 Å². The quantitative estimate of drug-likeness (QED) is 0.552. The summed E-state index contributed by atoms with van der Waals surface area (Å²) in [6.45, 7) is 9.15. The minimum absolute atomic E-state index is 0.0678. The molecule has 0 atom stereocenters. The van der Waals surface area contributed by atoms with E-state index in [0.29, 0.717) is 11.1 Å². The van der Waals surface area contributed by atoms with Gasteiger partial charge in [0.15, 0.2) is 5.78 Å². The third-order valence-corrected chi connectivity index (χ3v) is 6.49. The minimum Gasteiger partial charge on any atom is -0.478 e. The molecular weight excluding hydrogens is 360 g/mol. The Bertz CT molecular complexity index is 1130. The lowest BCUT2D eigenvalue weighted by Gasteiger charge is -2.42. The van der Waals surface area contributed by atoms with E-state index in [9.17, 15) is 9.59 Å². The highest BCUT2D eigenvalue weighted by Crippen LogP contribution is 2.47. The molecule has 3 aromatic rings. The van der Waals surface area contributed by atoms with Crippen LogP contribution in [0, 0.1) is 0 Å². The summed E-state index contributed by atoms with van der Waals surface area (Å²) >= 11 is 0. The summed E-state index contributed by atoms with van der Waals surface area (Å²) in [5.74, 6) is -1.08. The Morgan fingerprint density at radius 1 is 0.793 bits per heavy atom. The number of aromatic carboxylic acids is 1. The number of carbonyl (C=O) groups is 2. The number of carbonyl (C=O) groups excluding carboxylic acids is 1. The van der Waals surface area contributed by atoms with E-state index in [2.05, 4.69) is 45.9 Å². The van der Waals surface area contributed by atoms with Gasteiger partial charge >= 0.3 is 5.97 Å². The van der Waals surface area contributed by atoms with Crippen LogP contribution in [-0.4, -0.2) is 16.9 Å². The summed E-state index contributed by atoms with van der Waals surface area (Å²) in [5.41, 5.74) is 4.22. The molecule has 0 saturated carbocycles. The first-order valence-electron chi connectivity index (χ1n) is 10.1. The largest absolute Gasteiger partial charge is 0.478 e. The summed E-state index contributed by atoms with van der Waals surface area (Å²) in [7, 11) is 0. The molecule has 148 valence electrons. The second kappa shape index (κ2) is 6.55. The summed E-state index contributed by atoms with van der Waals surface area (Å²) < 4.78 is 0. The van der Waals surface area contributed by atoms with E-state index >= 15 is 0 Å². The molecule has 0 saturated heterocycles. The fraction of sp³-hybridized carbons (Fsp3) is 0.308. The molecular formula is C26H26O3. The van der Waals surface area contributed by atoms with Crippen LogP contribution in [0.25, 0.3) is 10.8 Å². The Morgan fingerprint density at radius 2 is 1.34 bits per heavy atom. The lowest BCUT2D eigenvalue weighted by molar-refractivity contribution is 0.0696. The van der Waals surface area contributed by atoms with Crippen molar-refractivity contribution in [3.05, 3.63) is 82.4 Å². The van der Waals surface area contributed by atoms with Gasteiger partial charge in [-0.05, 0) is 63.8 Å². The number of hydrogen-bond donors (Lipinski definition) is 1. The maximum absolute atomic E-state index is 13.3. The monoisotopic (exact) mass is 386 g/mol. The highest BCUT2D eigenvalue weighted by Gasteiger charge is 2.37. The van der Waals surface area contributed by atoms with Crippen LogP contribution in [0.5, 0.6) is 0 Å². The third-order valence-electron chi connectivity index (χ3n) is 6.49. The number of rotatable bonds is 3. The molecule has 0 fully saturated rings. The predicted octanol–water partition coefficient (Wildman–Crippen LogP) is 6.12. The molecule has 0 heterocycles. The van der Waals surface area contributed by atoms with E-state index in [-0.39, 0.29) is 22.2 Å². The molecule has 4 rings (SSSR count). The third kappa shape index (κ3) is 3.25. The van der Waals surface area contributed by atoms with E-state index in [4.69, 9.17) is 5.11 Å². The van der Waals surface area contributed by atoms with Gasteiger partial charge in [0.2, 0.25) is 0 Å². The Labute approximate surface area is 171 Å². The molecule has 0 amide bonds. The fourth-order valence-electron chi connectivity index (χ4n) is 4.46. The van der Waals surface area contributed by atoms with Gasteiger partial charge in [-0.25, -0.2) is 4.79 Å². The van der Waals surface area contributed by atoms with Gasteiger partial charge in [-0.15, -0.1) is 0 Å². The second-order valence-electron chi connectivity index (χ2n) is 9.40. The summed E-state index contributed by atoms with van der Waals surface area (Å²) in [6, 6.07) is 16.5. The van der Waals surface area contributed by atoms with Crippen molar-refractivity contribution in [1.82, 2.24) is 0 Å². The Morgan fingerprint density at radius 3 is 1.93 bits per heavy atom. The van der Waals surface area contributed by atoms with Crippen molar-refractivity contribution in [1.29, 1.82) is 0 Å². The second-order valence-corrected chi connectivity index (χ2v) is 9.40. The highest BCUT2D eigenvalue weighted by atomic mass is 16.4. The van der Waals surface area contributed by atoms with E-state index in [1.165, 1.54) is 23.3 Å². The molecule has 3 nitrogen and oxygen atoms in total. The molecule has 1 aliphatic rings. The lowest BCUT2D eigenvalue weighted by Crippen LogP contribution is -2.33. The van der Waals surface area contributed by atoms with Crippen molar-refractivity contribution in [3.63, 3.8) is 0 Å². The molecule has 0 bridgehead atoms. The van der Waals surface area contributed by atoms with Gasteiger partial charge in [0, 0.05) is 11.1 Å². The van der Waals surface area contributed by atoms with Gasteiger partial charge in [-0.3, -0.25) is 4.79 Å². The smallest absolute Gasteiger partial charge is 0.335 e. The molecule has 0 spiro atoms. The maximum Gasteiger partial charge on any atom is 0.335 e. The number of fused-ring (bicyclic) bond motifs is 2. The number of benzene rings is 3. The van der Waals surface area contributed by atoms with Crippen LogP contribution >= 0.6 is 0 Å². The standard InChI is InChI=1S/C26H26O3/c1-25(2)12-13-26(3,4)22-15-20-18(14-21(22)25)6-5-7-19(20)23(27)16-8-10-17(11-9-16)24(28)29/h5-11,14-15H,12-13H2,1-4H3,(H,28,29). The molecule has 1 N–H and O–H groups in total. The minimum atomic E-state index is -0.995. The van der Waals surface area contributed by atoms with Gasteiger partial charge < -0.3 is 5.11 Å². The average Bonchev–Trinajstić information content (AvgIpc) is 2.69. The van der Waals surface area contributed by atoms with Crippen molar-refractivity contribution in [2.45, 2.75) is 51.4 Å². The van der Waals surface area contributed by atoms with Crippen molar-refractivity contribution >= 4 is 22.5 Å². The number of carboxylic acid groups (broad SMARTS) is 1. The van der Waals surface area contributed by atoms with Gasteiger partial charge in [0.05, 0.1) is 5.56 Å². The Kier molecular flexibility index (Phi) is 4.38. The number of hydrogen-bond acceptors (Lipinski definition) is 2. The van der Waals surface area contributed by atoms with E-state index in [1.807, 2.05) is 12.1 Å². The van der Waals surface area contributed by atoms with Gasteiger partial charge in [-0.1, -0.05) is 64.1 Å². The Balaban J connectivity index is 1.88. The summed E-state index contributed by atoms with van der Waals surface area (Å²) in [4.78, 5) is 24.3. The topological polar surface area (TPSA) is 54.4 Å². The normalized spacial score (nSPS) is 17.0. The zero-order chi connectivity index (χ0) is 21.0. The number of ketones is 1. The van der Waals surface area contributed by atoms with E-state index < -0.39 is 5.97 Å². The molecule has 3 heteroatoms. The molecule has 0 aliphatic heterocycles. The van der Waals surface area contributed by atoms with Crippen LogP contribution < -0.4 is 0 Å². The zero-order valence-electron chi connectivity index (χ0n) is 17.4. The number of carboxylic acids is 1. The van der Waals surface area contributed by atoms with Crippen molar-refractivity contribution in [3.8, 4) is 0 Å². The van der Waals surface area contributed by atoms with E-state index in [1.54, 1.807) is 12.1 Å². The Hall–Kier alpha value is -2.94. The molecule has 29 heavy (non-hydrogen) atoms. The van der Waals surface area contributed by atoms with Crippen LogP contribution in [-0.2, 0) is 10.8 Å². The average molecular weight is 386 g/mol. The van der Waals surface area contributed by atoms with Gasteiger partial charge in [0.1, 0.15) is 0 Å². The van der Waals surface area contributed by atoms with Crippen LogP contribution in [0.1, 0.15) is 77.9 Å². The first-order chi connectivity index (χ1) is 13.6. The maximum atomic E-state index is 13.3. The van der Waals surface area contributed by atoms with Gasteiger partial charge in [0.25, 0.3) is 0 Å². The van der Waals surface area contributed by atoms with E-state index in [0.717, 1.165) is 23.6 Å². The van der Waals surface area contributed by atoms with Crippen molar-refractivity contribution in [2.24, 2.45) is 0 Å². The first kappa shape index (κ1) is 19.4. The SMILES string of the molecule is CC1(C)CCC(C)(C)c2cc3c(C(=O)c4ccc(C(=O)O)cc4)cccc3cc21. The zero-order valence-corrected chi connectivity index (χ0v) is 17.4.